The molecule has 1 aliphatic rings. The molecule has 5 rings (SSSR count). The Bertz CT molecular complexity index is 1410. The molecule has 1 aliphatic carbocycles. The fraction of sp³-hybridized carbons (Fsp3) is 0.278. The minimum absolute atomic E-state index is 0.000118. The van der Waals surface area contributed by atoms with Crippen LogP contribution in [0, 0.1) is 17.3 Å². The van der Waals surface area contributed by atoms with Gasteiger partial charge in [0.15, 0.2) is 11.6 Å². The summed E-state index contributed by atoms with van der Waals surface area (Å²) in [6, 6.07) is 38.4. The normalized spacial score (nSPS) is 25.1. The predicted molar refractivity (Wildman–Crippen MR) is 156 cm³/mol. The molecule has 0 radical (unpaired) electrons. The summed E-state index contributed by atoms with van der Waals surface area (Å²) in [4.78, 5) is 29.1. The van der Waals surface area contributed by atoms with Crippen LogP contribution in [0.1, 0.15) is 70.9 Å². The summed E-state index contributed by atoms with van der Waals surface area (Å²) in [7, 11) is 0. The van der Waals surface area contributed by atoms with Crippen LogP contribution >= 0.6 is 0 Å². The quantitative estimate of drug-likeness (QED) is 0.267. The van der Waals surface area contributed by atoms with Crippen LogP contribution in [0.2, 0.25) is 0 Å². The van der Waals surface area contributed by atoms with Gasteiger partial charge in [-0.05, 0) is 28.9 Å². The third kappa shape index (κ3) is 4.99. The molecular weight excluding hydrogens is 480 g/mol. The van der Waals surface area contributed by atoms with Crippen LogP contribution in [0.3, 0.4) is 0 Å². The van der Waals surface area contributed by atoms with Crippen molar-refractivity contribution in [2.24, 2.45) is 17.3 Å². The molecule has 0 amide bonds. The predicted octanol–water partition coefficient (Wildman–Crippen LogP) is 7.73. The molecular formula is C36H36O3. The van der Waals surface area contributed by atoms with Gasteiger partial charge >= 0.3 is 0 Å². The van der Waals surface area contributed by atoms with E-state index in [1.54, 1.807) is 0 Å². The highest BCUT2D eigenvalue weighted by molar-refractivity contribution is 6.03. The number of hydrogen-bond donors (Lipinski definition) is 1. The highest BCUT2D eigenvalue weighted by atomic mass is 16.3. The molecule has 0 aliphatic heterocycles. The molecule has 0 heterocycles. The Labute approximate surface area is 231 Å². The summed E-state index contributed by atoms with van der Waals surface area (Å²) in [5, 5.41) is 12.8. The van der Waals surface area contributed by atoms with Gasteiger partial charge in [0.1, 0.15) is 0 Å². The van der Waals surface area contributed by atoms with Crippen molar-refractivity contribution in [1.82, 2.24) is 0 Å². The molecule has 39 heavy (non-hydrogen) atoms. The standard InChI is InChI=1S/C36H36O3/c1-35(2,3)36(39)24-29(25-16-8-4-9-17-25)31(33(37)27-20-12-6-13-21-27)30(26-18-10-5-11-19-26)32(36)34(38)28-22-14-7-15-23-28/h4-23,29-32,39H,24H2,1-3H3/t29-,30+,31-,32+,36+/m1/s1. The van der Waals surface area contributed by atoms with Crippen molar-refractivity contribution in [3.05, 3.63) is 144 Å². The highest BCUT2D eigenvalue weighted by Gasteiger charge is 2.61. The SMILES string of the molecule is CC(C)(C)[C@]1(O)C[C@H](c2ccccc2)[C@@H](C(=O)c2ccccc2)[C@H](c2ccccc2)[C@H]1C(=O)c1ccccc1. The molecule has 0 spiro atoms. The van der Waals surface area contributed by atoms with Gasteiger partial charge in [-0.3, -0.25) is 9.59 Å². The van der Waals surface area contributed by atoms with Crippen LogP contribution in [0.15, 0.2) is 121 Å². The molecule has 1 N–H and O–H groups in total. The van der Waals surface area contributed by atoms with Gasteiger partial charge in [0, 0.05) is 23.0 Å². The Morgan fingerprint density at radius 2 is 1.05 bits per heavy atom. The lowest BCUT2D eigenvalue weighted by Gasteiger charge is -2.56. The van der Waals surface area contributed by atoms with Crippen LogP contribution in [-0.2, 0) is 0 Å². The Morgan fingerprint density at radius 3 is 1.51 bits per heavy atom. The minimum atomic E-state index is -1.38. The molecule has 0 unspecified atom stereocenters. The Hall–Kier alpha value is -3.82. The maximum Gasteiger partial charge on any atom is 0.169 e. The first-order valence-electron chi connectivity index (χ1n) is 13.7. The van der Waals surface area contributed by atoms with Crippen molar-refractivity contribution < 1.29 is 14.7 Å². The molecule has 3 heteroatoms. The molecule has 5 atom stereocenters. The second kappa shape index (κ2) is 10.7. The monoisotopic (exact) mass is 516 g/mol. The maximum atomic E-state index is 14.5. The van der Waals surface area contributed by atoms with Gasteiger partial charge in [-0.15, -0.1) is 0 Å². The van der Waals surface area contributed by atoms with Crippen LogP contribution in [0.4, 0.5) is 0 Å². The van der Waals surface area contributed by atoms with Crippen LogP contribution < -0.4 is 0 Å². The first-order chi connectivity index (χ1) is 18.7. The summed E-state index contributed by atoms with van der Waals surface area (Å²) in [6.07, 6.45) is 0.302. The van der Waals surface area contributed by atoms with Gasteiger partial charge in [-0.1, -0.05) is 142 Å². The van der Waals surface area contributed by atoms with E-state index in [4.69, 9.17) is 0 Å². The van der Waals surface area contributed by atoms with Crippen molar-refractivity contribution in [3.63, 3.8) is 0 Å². The number of Topliss-reactive ketones (excluding diaryl/α,β-unsaturated/α-hetero) is 2. The molecule has 1 fully saturated rings. The van der Waals surface area contributed by atoms with Crippen molar-refractivity contribution in [1.29, 1.82) is 0 Å². The average Bonchev–Trinajstić information content (AvgIpc) is 2.97. The van der Waals surface area contributed by atoms with Crippen LogP contribution in [0.5, 0.6) is 0 Å². The van der Waals surface area contributed by atoms with Crippen molar-refractivity contribution in [3.8, 4) is 0 Å². The summed E-state index contributed by atoms with van der Waals surface area (Å²) < 4.78 is 0. The smallest absolute Gasteiger partial charge is 0.169 e. The minimum Gasteiger partial charge on any atom is -0.389 e. The summed E-state index contributed by atoms with van der Waals surface area (Å²) in [5.41, 5.74) is 1.05. The number of ketones is 2. The fourth-order valence-corrected chi connectivity index (χ4v) is 6.52. The molecule has 0 saturated heterocycles. The Balaban J connectivity index is 1.80. The van der Waals surface area contributed by atoms with Crippen molar-refractivity contribution >= 4 is 11.6 Å². The molecule has 3 nitrogen and oxygen atoms in total. The lowest BCUT2D eigenvalue weighted by atomic mass is 9.49. The third-order valence-electron chi connectivity index (χ3n) is 8.64. The van der Waals surface area contributed by atoms with E-state index >= 15 is 0 Å². The van der Waals surface area contributed by atoms with E-state index in [2.05, 4.69) is 0 Å². The van der Waals surface area contributed by atoms with E-state index in [0.29, 0.717) is 17.5 Å². The zero-order valence-electron chi connectivity index (χ0n) is 22.8. The van der Waals surface area contributed by atoms with Crippen molar-refractivity contribution in [2.75, 3.05) is 0 Å². The highest BCUT2D eigenvalue weighted by Crippen LogP contribution is 2.59. The average molecular weight is 517 g/mol. The summed E-state index contributed by atoms with van der Waals surface area (Å²) >= 11 is 0. The van der Waals surface area contributed by atoms with Gasteiger partial charge in [-0.2, -0.15) is 0 Å². The van der Waals surface area contributed by atoms with Crippen LogP contribution in [0.25, 0.3) is 0 Å². The second-order valence-electron chi connectivity index (χ2n) is 11.8. The largest absolute Gasteiger partial charge is 0.389 e. The van der Waals surface area contributed by atoms with Gasteiger partial charge in [0.05, 0.1) is 11.5 Å². The first-order valence-corrected chi connectivity index (χ1v) is 13.7. The Morgan fingerprint density at radius 1 is 0.641 bits per heavy atom. The molecule has 4 aromatic carbocycles. The van der Waals surface area contributed by atoms with E-state index in [9.17, 15) is 14.7 Å². The number of benzene rings is 4. The van der Waals surface area contributed by atoms with E-state index in [0.717, 1.165) is 11.1 Å². The number of rotatable bonds is 6. The van der Waals surface area contributed by atoms with Crippen molar-refractivity contribution in [2.45, 2.75) is 44.6 Å². The fourth-order valence-electron chi connectivity index (χ4n) is 6.52. The molecule has 4 aromatic rings. The van der Waals surface area contributed by atoms with Gasteiger partial charge in [-0.25, -0.2) is 0 Å². The van der Waals surface area contributed by atoms with E-state index in [1.165, 1.54) is 0 Å². The molecule has 1 saturated carbocycles. The zero-order chi connectivity index (χ0) is 27.6. The first kappa shape index (κ1) is 26.8. The van der Waals surface area contributed by atoms with Gasteiger partial charge in [0.2, 0.25) is 0 Å². The molecule has 0 bridgehead atoms. The number of carbonyl (C=O) groups excluding carboxylic acids is 2. The van der Waals surface area contributed by atoms with Gasteiger partial charge < -0.3 is 5.11 Å². The maximum absolute atomic E-state index is 14.5. The lowest BCUT2D eigenvalue weighted by Crippen LogP contribution is -2.60. The second-order valence-corrected chi connectivity index (χ2v) is 11.8. The zero-order valence-corrected chi connectivity index (χ0v) is 22.8. The number of aliphatic hydroxyl groups is 1. The van der Waals surface area contributed by atoms with Gasteiger partial charge in [0.25, 0.3) is 0 Å². The summed E-state index contributed by atoms with van der Waals surface area (Å²) in [6.45, 7) is 6.01. The Kier molecular flexibility index (Phi) is 7.38. The van der Waals surface area contributed by atoms with Crippen LogP contribution in [-0.4, -0.2) is 22.3 Å². The summed E-state index contributed by atoms with van der Waals surface area (Å²) in [5.74, 6) is -2.31. The third-order valence-corrected chi connectivity index (χ3v) is 8.64. The van der Waals surface area contributed by atoms with E-state index in [1.807, 2.05) is 142 Å². The molecule has 198 valence electrons. The number of carbonyl (C=O) groups is 2. The lowest BCUT2D eigenvalue weighted by molar-refractivity contribution is -0.132. The number of hydrogen-bond acceptors (Lipinski definition) is 3. The van der Waals surface area contributed by atoms with E-state index in [-0.39, 0.29) is 17.5 Å². The topological polar surface area (TPSA) is 54.4 Å². The molecule has 0 aromatic heterocycles. The van der Waals surface area contributed by atoms with E-state index < -0.39 is 28.8 Å².